The third kappa shape index (κ3) is 2.68. The second kappa shape index (κ2) is 6.64. The van der Waals surface area contributed by atoms with Crippen LogP contribution < -0.4 is 16.0 Å². The highest BCUT2D eigenvalue weighted by atomic mass is 16.5. The van der Waals surface area contributed by atoms with E-state index in [2.05, 4.69) is 10.2 Å². The number of nitrogen functional groups attached to an aromatic ring is 1. The fourth-order valence-corrected chi connectivity index (χ4v) is 2.95. The molecule has 0 bridgehead atoms. The zero-order chi connectivity index (χ0) is 17.1. The van der Waals surface area contributed by atoms with Crippen LogP contribution in [0.2, 0.25) is 0 Å². The highest BCUT2D eigenvalue weighted by Crippen LogP contribution is 2.30. The van der Waals surface area contributed by atoms with E-state index in [4.69, 9.17) is 10.5 Å². The quantitative estimate of drug-likeness (QED) is 0.821. The van der Waals surface area contributed by atoms with Crippen molar-refractivity contribution >= 4 is 17.3 Å². The van der Waals surface area contributed by atoms with Crippen LogP contribution in [-0.4, -0.2) is 43.8 Å². The number of anilines is 2. The van der Waals surface area contributed by atoms with Gasteiger partial charge >= 0.3 is 5.97 Å². The van der Waals surface area contributed by atoms with E-state index in [-0.39, 0.29) is 16.9 Å². The van der Waals surface area contributed by atoms with Gasteiger partial charge in [-0.2, -0.15) is 5.26 Å². The van der Waals surface area contributed by atoms with Crippen molar-refractivity contribution in [2.75, 3.05) is 43.9 Å². The molecule has 1 aliphatic rings. The van der Waals surface area contributed by atoms with Gasteiger partial charge in [-0.25, -0.2) is 4.79 Å². The van der Waals surface area contributed by atoms with Crippen molar-refractivity contribution in [3.8, 4) is 11.8 Å². The molecule has 1 fully saturated rings. The Morgan fingerprint density at radius 2 is 1.96 bits per heavy atom. The van der Waals surface area contributed by atoms with Crippen molar-refractivity contribution < 1.29 is 9.53 Å². The minimum atomic E-state index is -0.566. The van der Waals surface area contributed by atoms with E-state index in [1.807, 2.05) is 30.3 Å². The van der Waals surface area contributed by atoms with Gasteiger partial charge in [0.05, 0.1) is 29.7 Å². The van der Waals surface area contributed by atoms with E-state index in [0.717, 1.165) is 37.6 Å². The number of rotatable bonds is 3. The Kier molecular flexibility index (Phi) is 4.40. The predicted molar refractivity (Wildman–Crippen MR) is 91.3 cm³/mol. The van der Waals surface area contributed by atoms with Gasteiger partial charge in [-0.15, -0.1) is 0 Å². The second-order valence-electron chi connectivity index (χ2n) is 5.50. The van der Waals surface area contributed by atoms with Crippen LogP contribution in [0, 0.1) is 11.3 Å². The minimum Gasteiger partial charge on any atom is -0.464 e. The Bertz CT molecular complexity index is 800. The Hall–Kier alpha value is -2.98. The molecular weight excluding hydrogens is 306 g/mol. The number of piperazine rings is 1. The summed E-state index contributed by atoms with van der Waals surface area (Å²) in [6.45, 7) is 3.53. The number of hydrogen-bond donors (Lipinski definition) is 2. The SMILES string of the molecule is COC(=O)c1c(N)c(C#N)cn1-c1ccccc1N1CCNCC1. The van der Waals surface area contributed by atoms with Gasteiger partial charge in [0.1, 0.15) is 6.07 Å². The van der Waals surface area contributed by atoms with Crippen molar-refractivity contribution in [1.29, 1.82) is 5.26 Å². The lowest BCUT2D eigenvalue weighted by Gasteiger charge is -2.31. The molecule has 7 nitrogen and oxygen atoms in total. The molecule has 3 rings (SSSR count). The Balaban J connectivity index is 2.16. The van der Waals surface area contributed by atoms with Crippen LogP contribution >= 0.6 is 0 Å². The molecule has 2 aromatic rings. The molecule has 24 heavy (non-hydrogen) atoms. The Labute approximate surface area is 140 Å². The third-order valence-electron chi connectivity index (χ3n) is 4.14. The molecule has 1 aromatic heterocycles. The monoisotopic (exact) mass is 325 g/mol. The number of nitrogens with zero attached hydrogens (tertiary/aromatic N) is 3. The van der Waals surface area contributed by atoms with Gasteiger partial charge in [0.2, 0.25) is 0 Å². The molecule has 0 unspecified atom stereocenters. The molecule has 0 saturated carbocycles. The maximum Gasteiger partial charge on any atom is 0.357 e. The minimum absolute atomic E-state index is 0.138. The molecule has 2 heterocycles. The third-order valence-corrected chi connectivity index (χ3v) is 4.14. The molecule has 0 amide bonds. The number of methoxy groups -OCH3 is 1. The van der Waals surface area contributed by atoms with Crippen molar-refractivity contribution in [3.63, 3.8) is 0 Å². The number of ether oxygens (including phenoxy) is 1. The summed E-state index contributed by atoms with van der Waals surface area (Å²) in [4.78, 5) is 14.4. The zero-order valence-corrected chi connectivity index (χ0v) is 13.5. The molecule has 7 heteroatoms. The molecular formula is C17H19N5O2. The van der Waals surface area contributed by atoms with Crippen LogP contribution in [0.25, 0.3) is 5.69 Å². The number of aromatic nitrogens is 1. The summed E-state index contributed by atoms with van der Waals surface area (Å²) >= 11 is 0. The topological polar surface area (TPSA) is 96.3 Å². The molecule has 124 valence electrons. The molecule has 1 aromatic carbocycles. The molecule has 1 aliphatic heterocycles. The van der Waals surface area contributed by atoms with E-state index in [9.17, 15) is 10.1 Å². The van der Waals surface area contributed by atoms with Crippen LogP contribution in [0.5, 0.6) is 0 Å². The lowest BCUT2D eigenvalue weighted by atomic mass is 10.2. The fraction of sp³-hybridized carbons (Fsp3) is 0.294. The van der Waals surface area contributed by atoms with Crippen LogP contribution in [0.15, 0.2) is 30.5 Å². The number of nitrogens with two attached hydrogens (primary N) is 1. The number of esters is 1. The maximum absolute atomic E-state index is 12.2. The number of hydrogen-bond acceptors (Lipinski definition) is 6. The van der Waals surface area contributed by atoms with Gasteiger partial charge in [0.15, 0.2) is 5.69 Å². The highest BCUT2D eigenvalue weighted by Gasteiger charge is 2.24. The van der Waals surface area contributed by atoms with Gasteiger partial charge in [0, 0.05) is 32.4 Å². The maximum atomic E-state index is 12.2. The van der Waals surface area contributed by atoms with E-state index < -0.39 is 5.97 Å². The number of carbonyl (C=O) groups excluding carboxylic acids is 1. The first-order chi connectivity index (χ1) is 11.7. The molecule has 0 radical (unpaired) electrons. The lowest BCUT2D eigenvalue weighted by Crippen LogP contribution is -2.43. The predicted octanol–water partition coefficient (Wildman–Crippen LogP) is 1.13. The van der Waals surface area contributed by atoms with Crippen molar-refractivity contribution in [2.24, 2.45) is 0 Å². The summed E-state index contributed by atoms with van der Waals surface area (Å²) in [5.74, 6) is -0.566. The van der Waals surface area contributed by atoms with Crippen molar-refractivity contribution in [3.05, 3.63) is 41.7 Å². The standard InChI is InChI=1S/C17H19N5O2/c1-24-17(23)16-15(19)12(10-18)11-22(16)14-5-3-2-4-13(14)21-8-6-20-7-9-21/h2-5,11,20H,6-9,19H2,1H3. The number of nitriles is 1. The number of para-hydroxylation sites is 2. The molecule has 0 aliphatic carbocycles. The van der Waals surface area contributed by atoms with Gasteiger partial charge in [-0.3, -0.25) is 0 Å². The smallest absolute Gasteiger partial charge is 0.357 e. The van der Waals surface area contributed by atoms with E-state index in [0.29, 0.717) is 0 Å². The molecule has 3 N–H and O–H groups in total. The summed E-state index contributed by atoms with van der Waals surface area (Å²) < 4.78 is 6.50. The van der Waals surface area contributed by atoms with E-state index in [1.54, 1.807) is 10.8 Å². The molecule has 0 spiro atoms. The van der Waals surface area contributed by atoms with Crippen LogP contribution in [0.3, 0.4) is 0 Å². The summed E-state index contributed by atoms with van der Waals surface area (Å²) in [6, 6.07) is 9.79. The largest absolute Gasteiger partial charge is 0.464 e. The molecule has 1 saturated heterocycles. The van der Waals surface area contributed by atoms with Crippen molar-refractivity contribution in [2.45, 2.75) is 0 Å². The van der Waals surface area contributed by atoms with Gasteiger partial charge in [0.25, 0.3) is 0 Å². The first kappa shape index (κ1) is 15.9. The second-order valence-corrected chi connectivity index (χ2v) is 5.50. The average Bonchev–Trinajstić information content (AvgIpc) is 2.98. The number of nitrogens with one attached hydrogen (secondary N) is 1. The van der Waals surface area contributed by atoms with Crippen LogP contribution in [-0.2, 0) is 4.74 Å². The van der Waals surface area contributed by atoms with E-state index in [1.165, 1.54) is 7.11 Å². The first-order valence-electron chi connectivity index (χ1n) is 7.71. The lowest BCUT2D eigenvalue weighted by molar-refractivity contribution is 0.0593. The average molecular weight is 325 g/mol. The summed E-state index contributed by atoms with van der Waals surface area (Å²) in [6.07, 6.45) is 1.59. The normalized spacial score (nSPS) is 14.2. The molecule has 0 atom stereocenters. The highest BCUT2D eigenvalue weighted by molar-refractivity contribution is 5.96. The summed E-state index contributed by atoms with van der Waals surface area (Å²) in [5, 5.41) is 12.6. The Morgan fingerprint density at radius 3 is 2.58 bits per heavy atom. The van der Waals surface area contributed by atoms with Crippen LogP contribution in [0.4, 0.5) is 11.4 Å². The Morgan fingerprint density at radius 1 is 1.29 bits per heavy atom. The van der Waals surface area contributed by atoms with Gasteiger partial charge in [-0.05, 0) is 12.1 Å². The number of benzene rings is 1. The van der Waals surface area contributed by atoms with Gasteiger partial charge < -0.3 is 25.3 Å². The number of carbonyl (C=O) groups is 1. The van der Waals surface area contributed by atoms with E-state index >= 15 is 0 Å². The van der Waals surface area contributed by atoms with Gasteiger partial charge in [-0.1, -0.05) is 12.1 Å². The fourth-order valence-electron chi connectivity index (χ4n) is 2.95. The summed E-state index contributed by atoms with van der Waals surface area (Å²) in [5.41, 5.74) is 8.35. The van der Waals surface area contributed by atoms with Crippen LogP contribution in [0.1, 0.15) is 16.1 Å². The first-order valence-corrected chi connectivity index (χ1v) is 7.71. The summed E-state index contributed by atoms with van der Waals surface area (Å²) in [7, 11) is 1.30. The zero-order valence-electron chi connectivity index (χ0n) is 13.5. The van der Waals surface area contributed by atoms with Crippen molar-refractivity contribution in [1.82, 2.24) is 9.88 Å².